The molecule has 1 aromatic heterocycles. The number of carbonyl (C=O) groups is 1. The molecule has 5 rings (SSSR count). The quantitative estimate of drug-likeness (QED) is 0.732. The molecule has 0 spiro atoms. The number of ketones is 1. The third-order valence-electron chi connectivity index (χ3n) is 5.60. The number of rotatable bonds is 2. The Morgan fingerprint density at radius 1 is 1.04 bits per heavy atom. The number of carbonyl (C=O) groups excluding carboxylic acids is 1. The summed E-state index contributed by atoms with van der Waals surface area (Å²) in [5, 5.41) is 7.67. The van der Waals surface area contributed by atoms with Crippen LogP contribution in [0.5, 0.6) is 0 Å². The average Bonchev–Trinajstić information content (AvgIpc) is 3.16. The molecule has 0 bridgehead atoms. The van der Waals surface area contributed by atoms with E-state index in [1.807, 2.05) is 31.2 Å². The summed E-state index contributed by atoms with van der Waals surface area (Å²) in [4.78, 5) is 17.5. The van der Waals surface area contributed by atoms with Crippen LogP contribution in [-0.4, -0.2) is 20.5 Å². The lowest BCUT2D eigenvalue weighted by Gasteiger charge is -2.35. The maximum Gasteiger partial charge on any atom is 0.226 e. The molecule has 0 amide bonds. The number of fused-ring (bicyclic) bond motifs is 1. The first-order chi connectivity index (χ1) is 13.6. The maximum atomic E-state index is 13.3. The van der Waals surface area contributed by atoms with E-state index < -0.39 is 0 Å². The van der Waals surface area contributed by atoms with Gasteiger partial charge in [-0.2, -0.15) is 10.1 Å². The lowest BCUT2D eigenvalue weighted by atomic mass is 9.78. The molecular formula is C22H19FN4O. The van der Waals surface area contributed by atoms with Crippen molar-refractivity contribution < 1.29 is 9.18 Å². The number of nitrogens with one attached hydrogen (secondary N) is 1. The Morgan fingerprint density at radius 2 is 1.75 bits per heavy atom. The van der Waals surface area contributed by atoms with Gasteiger partial charge in [0, 0.05) is 17.7 Å². The average molecular weight is 374 g/mol. The van der Waals surface area contributed by atoms with Gasteiger partial charge in [0.2, 0.25) is 5.95 Å². The molecule has 1 N–H and O–H groups in total. The first-order valence-electron chi connectivity index (χ1n) is 9.35. The molecule has 5 nitrogen and oxygen atoms in total. The number of benzene rings is 2. The molecule has 2 heterocycles. The minimum absolute atomic E-state index is 0.0208. The minimum atomic E-state index is -0.281. The Labute approximate surface area is 161 Å². The van der Waals surface area contributed by atoms with Gasteiger partial charge in [-0.05, 0) is 42.5 Å². The zero-order valence-electron chi connectivity index (χ0n) is 15.4. The fraction of sp³-hybridized carbons (Fsp3) is 0.227. The SMILES string of the molecule is Cc1ccc([C@H]2C3=C(C[C@H](c4ccc(F)cc4)CC3=O)Nc3ncnn32)cc1. The fourth-order valence-corrected chi connectivity index (χ4v) is 4.18. The molecule has 1 aliphatic heterocycles. The van der Waals surface area contributed by atoms with Crippen molar-refractivity contribution in [2.24, 2.45) is 0 Å². The van der Waals surface area contributed by atoms with Gasteiger partial charge in [0.05, 0.1) is 0 Å². The van der Waals surface area contributed by atoms with Crippen molar-refractivity contribution in [2.75, 3.05) is 5.32 Å². The molecule has 0 radical (unpaired) electrons. The van der Waals surface area contributed by atoms with E-state index >= 15 is 0 Å². The Bertz CT molecular complexity index is 1080. The highest BCUT2D eigenvalue weighted by molar-refractivity contribution is 6.00. The number of aryl methyl sites for hydroxylation is 1. The molecule has 0 saturated heterocycles. The third kappa shape index (κ3) is 2.72. The Kier molecular flexibility index (Phi) is 3.86. The Morgan fingerprint density at radius 3 is 2.50 bits per heavy atom. The lowest BCUT2D eigenvalue weighted by molar-refractivity contribution is -0.116. The van der Waals surface area contributed by atoms with E-state index in [0.717, 1.165) is 28.0 Å². The first kappa shape index (κ1) is 16.9. The van der Waals surface area contributed by atoms with Crippen LogP contribution in [-0.2, 0) is 4.79 Å². The molecule has 3 aromatic rings. The summed E-state index contributed by atoms with van der Waals surface area (Å²) < 4.78 is 15.1. The molecule has 0 fully saturated rings. The highest BCUT2D eigenvalue weighted by Crippen LogP contribution is 2.43. The van der Waals surface area contributed by atoms with Crippen molar-refractivity contribution in [1.82, 2.24) is 14.8 Å². The van der Waals surface area contributed by atoms with E-state index in [1.54, 1.807) is 16.8 Å². The molecule has 0 saturated carbocycles. The second-order valence-electron chi connectivity index (χ2n) is 7.44. The van der Waals surface area contributed by atoms with Crippen molar-refractivity contribution in [3.8, 4) is 0 Å². The zero-order chi connectivity index (χ0) is 19.3. The molecule has 140 valence electrons. The summed E-state index contributed by atoms with van der Waals surface area (Å²) in [6.07, 6.45) is 2.59. The van der Waals surface area contributed by atoms with E-state index in [9.17, 15) is 9.18 Å². The van der Waals surface area contributed by atoms with E-state index in [4.69, 9.17) is 0 Å². The molecule has 2 aliphatic rings. The number of nitrogens with zero attached hydrogens (tertiary/aromatic N) is 3. The van der Waals surface area contributed by atoms with E-state index in [1.165, 1.54) is 18.5 Å². The van der Waals surface area contributed by atoms with Crippen molar-refractivity contribution >= 4 is 11.7 Å². The van der Waals surface area contributed by atoms with Crippen LogP contribution in [0.1, 0.15) is 41.5 Å². The smallest absolute Gasteiger partial charge is 0.226 e. The standard InChI is InChI=1S/C22H19FN4O/c1-13-2-4-15(5-3-13)21-20-18(26-22-24-12-25-27(21)22)10-16(11-19(20)28)14-6-8-17(23)9-7-14/h2-9,12,16,21H,10-11H2,1H3,(H,24,25,26)/t16-,21-/m0/s1. The number of hydrogen-bond donors (Lipinski definition) is 1. The van der Waals surface area contributed by atoms with Gasteiger partial charge in [0.15, 0.2) is 5.78 Å². The van der Waals surface area contributed by atoms with Crippen LogP contribution < -0.4 is 5.32 Å². The van der Waals surface area contributed by atoms with Gasteiger partial charge in [-0.1, -0.05) is 42.0 Å². The number of hydrogen-bond acceptors (Lipinski definition) is 4. The van der Waals surface area contributed by atoms with Gasteiger partial charge < -0.3 is 5.32 Å². The van der Waals surface area contributed by atoms with E-state index in [0.29, 0.717) is 18.8 Å². The van der Waals surface area contributed by atoms with Gasteiger partial charge in [-0.25, -0.2) is 9.07 Å². The van der Waals surface area contributed by atoms with Crippen molar-refractivity contribution in [1.29, 1.82) is 0 Å². The largest absolute Gasteiger partial charge is 0.328 e. The summed E-state index contributed by atoms with van der Waals surface area (Å²) >= 11 is 0. The van der Waals surface area contributed by atoms with Crippen LogP contribution in [0.15, 0.2) is 66.1 Å². The monoisotopic (exact) mass is 374 g/mol. The molecule has 2 aromatic carbocycles. The number of aromatic nitrogens is 3. The van der Waals surface area contributed by atoms with Gasteiger partial charge in [0.1, 0.15) is 18.2 Å². The summed E-state index contributed by atoms with van der Waals surface area (Å²) in [7, 11) is 0. The van der Waals surface area contributed by atoms with Crippen LogP contribution >= 0.6 is 0 Å². The summed E-state index contributed by atoms with van der Waals surface area (Å²) in [5.74, 6) is 0.480. The highest BCUT2D eigenvalue weighted by atomic mass is 19.1. The molecule has 2 atom stereocenters. The van der Waals surface area contributed by atoms with Crippen LogP contribution in [0.2, 0.25) is 0 Å². The summed E-state index contributed by atoms with van der Waals surface area (Å²) in [6.45, 7) is 2.04. The number of allylic oxidation sites excluding steroid dienone is 2. The highest BCUT2D eigenvalue weighted by Gasteiger charge is 2.39. The summed E-state index contributed by atoms with van der Waals surface area (Å²) in [5.41, 5.74) is 4.79. The topological polar surface area (TPSA) is 59.8 Å². The Balaban J connectivity index is 1.58. The first-order valence-corrected chi connectivity index (χ1v) is 9.35. The molecule has 1 aliphatic carbocycles. The lowest BCUT2D eigenvalue weighted by Crippen LogP contribution is -2.33. The molecule has 0 unspecified atom stereocenters. The zero-order valence-corrected chi connectivity index (χ0v) is 15.4. The summed E-state index contributed by atoms with van der Waals surface area (Å²) in [6, 6.07) is 14.3. The van der Waals surface area contributed by atoms with Crippen LogP contribution in [0, 0.1) is 12.7 Å². The fourth-order valence-electron chi connectivity index (χ4n) is 4.18. The second-order valence-corrected chi connectivity index (χ2v) is 7.44. The van der Waals surface area contributed by atoms with Crippen molar-refractivity contribution in [3.63, 3.8) is 0 Å². The van der Waals surface area contributed by atoms with Gasteiger partial charge in [-0.15, -0.1) is 0 Å². The normalized spacial score (nSPS) is 21.1. The third-order valence-corrected chi connectivity index (χ3v) is 5.60. The minimum Gasteiger partial charge on any atom is -0.328 e. The van der Waals surface area contributed by atoms with Crippen LogP contribution in [0.3, 0.4) is 0 Å². The van der Waals surface area contributed by atoms with Crippen molar-refractivity contribution in [2.45, 2.75) is 31.7 Å². The van der Waals surface area contributed by atoms with E-state index in [2.05, 4.69) is 15.4 Å². The van der Waals surface area contributed by atoms with Crippen LogP contribution in [0.25, 0.3) is 0 Å². The number of Topliss-reactive ketones (excluding diaryl/α,β-unsaturated/α-hetero) is 1. The van der Waals surface area contributed by atoms with Gasteiger partial charge in [-0.3, -0.25) is 4.79 Å². The molecule has 28 heavy (non-hydrogen) atoms. The second kappa shape index (κ2) is 6.41. The van der Waals surface area contributed by atoms with Crippen molar-refractivity contribution in [3.05, 3.63) is 88.6 Å². The van der Waals surface area contributed by atoms with Crippen LogP contribution in [0.4, 0.5) is 10.3 Å². The van der Waals surface area contributed by atoms with E-state index in [-0.39, 0.29) is 23.6 Å². The predicted octanol–water partition coefficient (Wildman–Crippen LogP) is 4.14. The van der Waals surface area contributed by atoms with Gasteiger partial charge in [0.25, 0.3) is 0 Å². The number of anilines is 1. The molecular weight excluding hydrogens is 355 g/mol. The van der Waals surface area contributed by atoms with Gasteiger partial charge >= 0.3 is 0 Å². The maximum absolute atomic E-state index is 13.3. The number of halogens is 1. The predicted molar refractivity (Wildman–Crippen MR) is 103 cm³/mol. The Hall–Kier alpha value is -3.28. The molecule has 6 heteroatoms.